The van der Waals surface area contributed by atoms with E-state index in [0.29, 0.717) is 24.1 Å². The molecule has 1 aromatic carbocycles. The van der Waals surface area contributed by atoms with E-state index in [1.165, 1.54) is 11.5 Å². The Balaban J connectivity index is 1.43. The maximum absolute atomic E-state index is 11.8. The first-order valence-corrected chi connectivity index (χ1v) is 11.2. The molecular weight excluding hydrogens is 426 g/mol. The Morgan fingerprint density at radius 1 is 1.31 bits per heavy atom. The van der Waals surface area contributed by atoms with E-state index >= 15 is 0 Å². The largest absolute Gasteiger partial charge is 0.364 e. The minimum absolute atomic E-state index is 0.0965. The summed E-state index contributed by atoms with van der Waals surface area (Å²) in [5, 5.41) is 3.89. The third kappa shape index (κ3) is 5.02. The lowest BCUT2D eigenvalue weighted by atomic mass is 9.96. The van der Waals surface area contributed by atoms with Crippen LogP contribution in [0.4, 0.5) is 22.3 Å². The summed E-state index contributed by atoms with van der Waals surface area (Å²) >= 11 is 1.28. The van der Waals surface area contributed by atoms with Crippen molar-refractivity contribution in [3.05, 3.63) is 54.0 Å². The molecule has 0 unspecified atom stereocenters. The number of benzene rings is 1. The second-order valence-corrected chi connectivity index (χ2v) is 8.58. The summed E-state index contributed by atoms with van der Waals surface area (Å²) in [6.45, 7) is 4.16. The number of anilines is 4. The number of aryl methyl sites for hydroxylation is 1. The number of aromatic nitrogens is 3. The van der Waals surface area contributed by atoms with Crippen LogP contribution in [0.25, 0.3) is 0 Å². The number of amides is 2. The molecule has 9 nitrogen and oxygen atoms in total. The van der Waals surface area contributed by atoms with Crippen molar-refractivity contribution in [3.63, 3.8) is 0 Å². The van der Waals surface area contributed by atoms with E-state index < -0.39 is 5.91 Å². The van der Waals surface area contributed by atoms with Gasteiger partial charge < -0.3 is 20.9 Å². The topological polar surface area (TPSA) is 117 Å². The van der Waals surface area contributed by atoms with Crippen LogP contribution in [-0.2, 0) is 4.79 Å². The summed E-state index contributed by atoms with van der Waals surface area (Å²) in [6.07, 6.45) is 4.33. The van der Waals surface area contributed by atoms with Gasteiger partial charge in [-0.1, -0.05) is 18.2 Å². The average Bonchev–Trinajstić information content (AvgIpc) is 3.22. The number of primary amides is 1. The number of piperidine rings is 1. The average molecular weight is 452 g/mol. The lowest BCUT2D eigenvalue weighted by molar-refractivity contribution is -0.107. The Kier molecular flexibility index (Phi) is 6.60. The van der Waals surface area contributed by atoms with E-state index in [0.717, 1.165) is 48.7 Å². The van der Waals surface area contributed by atoms with Crippen LogP contribution in [0.2, 0.25) is 0 Å². The number of carbonyl (C=O) groups is 2. The molecule has 3 heterocycles. The molecule has 1 saturated heterocycles. The van der Waals surface area contributed by atoms with Gasteiger partial charge in [0.15, 0.2) is 11.5 Å². The summed E-state index contributed by atoms with van der Waals surface area (Å²) in [7, 11) is 0. The first-order valence-electron chi connectivity index (χ1n) is 10.4. The molecule has 1 aliphatic rings. The van der Waals surface area contributed by atoms with E-state index in [1.54, 1.807) is 11.1 Å². The Hall–Kier alpha value is -3.53. The molecule has 10 heteroatoms. The minimum Gasteiger partial charge on any atom is -0.364 e. The van der Waals surface area contributed by atoms with Crippen LogP contribution in [0.15, 0.2) is 42.6 Å². The molecule has 1 fully saturated rings. The van der Waals surface area contributed by atoms with Gasteiger partial charge in [-0.05, 0) is 55.4 Å². The fourth-order valence-electron chi connectivity index (χ4n) is 3.79. The molecule has 0 radical (unpaired) electrons. The second kappa shape index (κ2) is 9.73. The smallest absolute Gasteiger partial charge is 0.271 e. The molecule has 0 spiro atoms. The molecule has 32 heavy (non-hydrogen) atoms. The van der Waals surface area contributed by atoms with Crippen LogP contribution in [0.1, 0.15) is 29.0 Å². The zero-order chi connectivity index (χ0) is 22.5. The van der Waals surface area contributed by atoms with Crippen LogP contribution in [-0.4, -0.2) is 46.3 Å². The fourth-order valence-corrected chi connectivity index (χ4v) is 4.45. The van der Waals surface area contributed by atoms with Crippen LogP contribution < -0.4 is 20.9 Å². The summed E-state index contributed by atoms with van der Waals surface area (Å²) in [6, 6.07) is 11.6. The van der Waals surface area contributed by atoms with E-state index in [2.05, 4.69) is 24.6 Å². The molecule has 3 N–H and O–H groups in total. The predicted octanol–water partition coefficient (Wildman–Crippen LogP) is 2.96. The molecule has 0 atom stereocenters. The minimum atomic E-state index is -0.638. The SMILES string of the molecule is Cc1cc(Nc2nc(N3CCC(CN(C=O)c4ccccc4)CC3)cnc2C(N)=O)sn1. The van der Waals surface area contributed by atoms with E-state index in [4.69, 9.17) is 5.73 Å². The third-order valence-electron chi connectivity index (χ3n) is 5.47. The van der Waals surface area contributed by atoms with Crippen molar-refractivity contribution in [1.29, 1.82) is 0 Å². The molecule has 0 aliphatic carbocycles. The van der Waals surface area contributed by atoms with Crippen molar-refractivity contribution < 1.29 is 9.59 Å². The van der Waals surface area contributed by atoms with Crippen molar-refractivity contribution in [1.82, 2.24) is 14.3 Å². The number of rotatable bonds is 8. The normalized spacial score (nSPS) is 14.2. The van der Waals surface area contributed by atoms with E-state index in [-0.39, 0.29) is 5.69 Å². The number of nitrogens with one attached hydrogen (secondary N) is 1. The summed E-state index contributed by atoms with van der Waals surface area (Å²) in [5.41, 5.74) is 7.37. The van der Waals surface area contributed by atoms with Crippen molar-refractivity contribution in [2.45, 2.75) is 19.8 Å². The molecule has 2 amide bonds. The summed E-state index contributed by atoms with van der Waals surface area (Å²) in [5.74, 6) is 0.776. The van der Waals surface area contributed by atoms with E-state index in [9.17, 15) is 9.59 Å². The first kappa shape index (κ1) is 21.7. The quantitative estimate of drug-likeness (QED) is 0.506. The number of carbonyl (C=O) groups excluding carboxylic acids is 2. The number of hydrogen-bond acceptors (Lipinski definition) is 8. The first-order chi connectivity index (χ1) is 15.5. The van der Waals surface area contributed by atoms with Crippen molar-refractivity contribution in [2.75, 3.05) is 34.8 Å². The van der Waals surface area contributed by atoms with Gasteiger partial charge in [0.1, 0.15) is 10.8 Å². The Labute approximate surface area is 190 Å². The standard InChI is InChI=1S/C22H25N7O2S/c1-15-11-19(32-27-15)26-22-20(21(23)31)24-12-18(25-22)28-9-7-16(8-10-28)13-29(14-30)17-5-3-2-4-6-17/h2-6,11-12,14,16H,7-10,13H2,1H3,(H2,23,31)(H,25,26). The highest BCUT2D eigenvalue weighted by atomic mass is 32.1. The predicted molar refractivity (Wildman–Crippen MR) is 125 cm³/mol. The van der Waals surface area contributed by atoms with Gasteiger partial charge >= 0.3 is 0 Å². The number of nitrogens with two attached hydrogens (primary N) is 1. The van der Waals surface area contributed by atoms with Gasteiger partial charge in [0.05, 0.1) is 11.9 Å². The molecule has 2 aromatic heterocycles. The summed E-state index contributed by atoms with van der Waals surface area (Å²) in [4.78, 5) is 36.2. The lowest BCUT2D eigenvalue weighted by Crippen LogP contribution is -2.39. The van der Waals surface area contributed by atoms with Crippen LogP contribution >= 0.6 is 11.5 Å². The second-order valence-electron chi connectivity index (χ2n) is 7.77. The molecule has 0 bridgehead atoms. The number of hydrogen-bond donors (Lipinski definition) is 2. The zero-order valence-corrected chi connectivity index (χ0v) is 18.6. The van der Waals surface area contributed by atoms with Crippen LogP contribution in [0.3, 0.4) is 0 Å². The number of para-hydroxylation sites is 1. The molecular formula is C22H25N7O2S. The van der Waals surface area contributed by atoms with Crippen LogP contribution in [0, 0.1) is 12.8 Å². The molecule has 3 aromatic rings. The van der Waals surface area contributed by atoms with Gasteiger partial charge in [0, 0.05) is 25.3 Å². The van der Waals surface area contributed by atoms with Gasteiger partial charge in [-0.15, -0.1) is 0 Å². The maximum Gasteiger partial charge on any atom is 0.271 e. The van der Waals surface area contributed by atoms with Crippen molar-refractivity contribution in [3.8, 4) is 0 Å². The van der Waals surface area contributed by atoms with Gasteiger partial charge in [-0.3, -0.25) is 9.59 Å². The van der Waals surface area contributed by atoms with Gasteiger partial charge in [0.25, 0.3) is 5.91 Å². The third-order valence-corrected chi connectivity index (χ3v) is 6.27. The Morgan fingerprint density at radius 2 is 2.06 bits per heavy atom. The number of nitrogens with zero attached hydrogens (tertiary/aromatic N) is 5. The highest BCUT2D eigenvalue weighted by Gasteiger charge is 2.24. The summed E-state index contributed by atoms with van der Waals surface area (Å²) < 4.78 is 4.24. The van der Waals surface area contributed by atoms with Crippen molar-refractivity contribution >= 4 is 46.2 Å². The zero-order valence-electron chi connectivity index (χ0n) is 17.8. The van der Waals surface area contributed by atoms with E-state index in [1.807, 2.05) is 43.3 Å². The van der Waals surface area contributed by atoms with Gasteiger partial charge in [0.2, 0.25) is 6.41 Å². The van der Waals surface area contributed by atoms with Gasteiger partial charge in [-0.2, -0.15) is 4.37 Å². The van der Waals surface area contributed by atoms with Crippen LogP contribution in [0.5, 0.6) is 0 Å². The van der Waals surface area contributed by atoms with Gasteiger partial charge in [-0.25, -0.2) is 9.97 Å². The van der Waals surface area contributed by atoms with Crippen molar-refractivity contribution in [2.24, 2.45) is 11.7 Å². The Bertz CT molecular complexity index is 1080. The molecule has 166 valence electrons. The Morgan fingerprint density at radius 3 is 2.69 bits per heavy atom. The highest BCUT2D eigenvalue weighted by Crippen LogP contribution is 2.27. The maximum atomic E-state index is 11.8. The fraction of sp³-hybridized carbons (Fsp3) is 0.318. The highest BCUT2D eigenvalue weighted by molar-refractivity contribution is 7.10. The molecule has 4 rings (SSSR count). The monoisotopic (exact) mass is 451 g/mol. The molecule has 0 saturated carbocycles. The lowest BCUT2D eigenvalue weighted by Gasteiger charge is -2.34. The molecule has 1 aliphatic heterocycles.